The maximum Gasteiger partial charge on any atom is 0.271 e. The van der Waals surface area contributed by atoms with Crippen LogP contribution in [0.5, 0.6) is 0 Å². The molecule has 102 valence electrons. The highest BCUT2D eigenvalue weighted by Gasteiger charge is 2.49. The van der Waals surface area contributed by atoms with E-state index < -0.39 is 0 Å². The van der Waals surface area contributed by atoms with Gasteiger partial charge >= 0.3 is 0 Å². The van der Waals surface area contributed by atoms with Crippen molar-refractivity contribution in [1.82, 2.24) is 15.3 Å². The number of hydrogen-bond donors (Lipinski definition) is 2. The molecule has 0 radical (unpaired) electrons. The van der Waals surface area contributed by atoms with Gasteiger partial charge in [0.05, 0.1) is 11.9 Å². The number of nitrogens with two attached hydrogens (primary N) is 1. The molecule has 0 aromatic carbocycles. The van der Waals surface area contributed by atoms with Gasteiger partial charge in [0.15, 0.2) is 0 Å². The lowest BCUT2D eigenvalue weighted by Crippen LogP contribution is -2.52. The number of fused-ring (bicyclic) bond motifs is 2. The molecule has 2 saturated carbocycles. The van der Waals surface area contributed by atoms with E-state index in [0.717, 1.165) is 44.2 Å². The van der Waals surface area contributed by atoms with Crippen LogP contribution in [0.3, 0.4) is 0 Å². The predicted molar refractivity (Wildman–Crippen MR) is 71.6 cm³/mol. The molecular weight excluding hydrogens is 240 g/mol. The lowest BCUT2D eigenvalue weighted by Gasteiger charge is -2.37. The molecule has 2 fully saturated rings. The van der Waals surface area contributed by atoms with Gasteiger partial charge in [-0.3, -0.25) is 9.78 Å². The molecule has 2 bridgehead atoms. The fourth-order valence-corrected chi connectivity index (χ4v) is 3.59. The lowest BCUT2D eigenvalue weighted by molar-refractivity contribution is 0.0871. The number of carbonyl (C=O) groups excluding carboxylic acids is 1. The molecular formula is C14H20N4O. The molecule has 1 amide bonds. The third-order valence-electron chi connectivity index (χ3n) is 4.49. The van der Waals surface area contributed by atoms with Crippen LogP contribution < -0.4 is 11.1 Å². The molecule has 2 aliphatic rings. The molecule has 5 nitrogen and oxygen atoms in total. The summed E-state index contributed by atoms with van der Waals surface area (Å²) in [5.74, 6) is -0.123. The van der Waals surface area contributed by atoms with Crippen molar-refractivity contribution >= 4 is 5.91 Å². The minimum absolute atomic E-state index is 0.0657. The van der Waals surface area contributed by atoms with Gasteiger partial charge in [-0.15, -0.1) is 0 Å². The van der Waals surface area contributed by atoms with Crippen LogP contribution in [-0.4, -0.2) is 27.0 Å². The molecule has 0 aliphatic heterocycles. The van der Waals surface area contributed by atoms with E-state index in [1.807, 2.05) is 6.92 Å². The van der Waals surface area contributed by atoms with Gasteiger partial charge < -0.3 is 11.1 Å². The summed E-state index contributed by atoms with van der Waals surface area (Å²) in [5.41, 5.74) is 7.32. The highest BCUT2D eigenvalue weighted by molar-refractivity contribution is 5.92. The molecule has 1 heterocycles. The molecule has 2 aliphatic carbocycles. The molecule has 0 spiro atoms. The fraction of sp³-hybridized carbons (Fsp3) is 0.643. The van der Waals surface area contributed by atoms with Gasteiger partial charge in [0.2, 0.25) is 0 Å². The minimum atomic E-state index is -0.123. The average molecular weight is 260 g/mol. The summed E-state index contributed by atoms with van der Waals surface area (Å²) in [5, 5.41) is 3.17. The topological polar surface area (TPSA) is 80.9 Å². The van der Waals surface area contributed by atoms with E-state index in [1.165, 1.54) is 6.20 Å². The first-order valence-electron chi connectivity index (χ1n) is 6.91. The summed E-state index contributed by atoms with van der Waals surface area (Å²) in [4.78, 5) is 20.5. The van der Waals surface area contributed by atoms with Crippen molar-refractivity contribution in [2.45, 2.75) is 56.5 Å². The Kier molecular flexibility index (Phi) is 2.82. The van der Waals surface area contributed by atoms with Crippen LogP contribution in [0.25, 0.3) is 0 Å². The molecule has 0 saturated heterocycles. The maximum atomic E-state index is 12.3. The van der Waals surface area contributed by atoms with E-state index >= 15 is 0 Å². The van der Waals surface area contributed by atoms with E-state index in [4.69, 9.17) is 5.73 Å². The second-order valence-corrected chi connectivity index (χ2v) is 6.17. The molecule has 3 N–H and O–H groups in total. The molecule has 1 aromatic rings. The smallest absolute Gasteiger partial charge is 0.271 e. The fourth-order valence-electron chi connectivity index (χ4n) is 3.59. The van der Waals surface area contributed by atoms with Gasteiger partial charge in [-0.05, 0) is 45.4 Å². The van der Waals surface area contributed by atoms with Crippen LogP contribution in [0.2, 0.25) is 0 Å². The van der Waals surface area contributed by atoms with Crippen LogP contribution in [0.15, 0.2) is 12.4 Å². The Hall–Kier alpha value is -1.49. The standard InChI is InChI=1S/C14H20N4O/c1-10-7-16-8-11(17-10)12(19)18-14-4-2-3-13(15,9-14)5-6-14/h7-8H,2-6,9,15H2,1H3,(H,18,19)/t13-,14+/m0/s1. The van der Waals surface area contributed by atoms with Crippen molar-refractivity contribution in [3.05, 3.63) is 23.8 Å². The number of nitrogens with one attached hydrogen (secondary N) is 1. The Balaban J connectivity index is 1.77. The Morgan fingerprint density at radius 2 is 2.16 bits per heavy atom. The number of aryl methyl sites for hydroxylation is 1. The summed E-state index contributed by atoms with van der Waals surface area (Å²) in [6, 6.07) is 0. The zero-order valence-electron chi connectivity index (χ0n) is 11.3. The highest BCUT2D eigenvalue weighted by Crippen LogP contribution is 2.46. The zero-order valence-corrected chi connectivity index (χ0v) is 11.3. The Labute approximate surface area is 113 Å². The first-order valence-corrected chi connectivity index (χ1v) is 6.91. The highest BCUT2D eigenvalue weighted by atomic mass is 16.2. The van der Waals surface area contributed by atoms with E-state index in [0.29, 0.717) is 5.69 Å². The summed E-state index contributed by atoms with van der Waals surface area (Å²) < 4.78 is 0. The van der Waals surface area contributed by atoms with Crippen molar-refractivity contribution in [3.8, 4) is 0 Å². The van der Waals surface area contributed by atoms with Gasteiger partial charge in [-0.1, -0.05) is 0 Å². The Bertz CT molecular complexity index is 518. The monoisotopic (exact) mass is 260 g/mol. The van der Waals surface area contributed by atoms with E-state index in [-0.39, 0.29) is 17.0 Å². The molecule has 2 atom stereocenters. The number of rotatable bonds is 2. The van der Waals surface area contributed by atoms with Crippen molar-refractivity contribution in [2.75, 3.05) is 0 Å². The average Bonchev–Trinajstić information content (AvgIpc) is 2.59. The molecule has 3 rings (SSSR count). The normalized spacial score (nSPS) is 33.2. The third kappa shape index (κ3) is 2.34. The van der Waals surface area contributed by atoms with Gasteiger partial charge in [0.1, 0.15) is 5.69 Å². The number of carbonyl (C=O) groups is 1. The van der Waals surface area contributed by atoms with Gasteiger partial charge in [-0.25, -0.2) is 4.98 Å². The second-order valence-electron chi connectivity index (χ2n) is 6.17. The van der Waals surface area contributed by atoms with E-state index in [2.05, 4.69) is 15.3 Å². The number of amides is 1. The molecule has 19 heavy (non-hydrogen) atoms. The van der Waals surface area contributed by atoms with Crippen LogP contribution in [-0.2, 0) is 0 Å². The summed E-state index contributed by atoms with van der Waals surface area (Å²) in [6.45, 7) is 1.84. The van der Waals surface area contributed by atoms with Crippen molar-refractivity contribution in [3.63, 3.8) is 0 Å². The number of hydrogen-bond acceptors (Lipinski definition) is 4. The second kappa shape index (κ2) is 4.27. The Morgan fingerprint density at radius 1 is 1.32 bits per heavy atom. The summed E-state index contributed by atoms with van der Waals surface area (Å²) in [6.07, 6.45) is 9.25. The van der Waals surface area contributed by atoms with Gasteiger partial charge in [-0.2, -0.15) is 0 Å². The van der Waals surface area contributed by atoms with Crippen LogP contribution in [0.4, 0.5) is 0 Å². The number of aromatic nitrogens is 2. The van der Waals surface area contributed by atoms with Gasteiger partial charge in [0, 0.05) is 17.3 Å². The SMILES string of the molecule is Cc1cncc(C(=O)N[C@]23CCC[C@](N)(CC2)C3)n1. The van der Waals surface area contributed by atoms with Crippen molar-refractivity contribution < 1.29 is 4.79 Å². The first-order chi connectivity index (χ1) is 9.00. The molecule has 1 aromatic heterocycles. The molecule has 0 unspecified atom stereocenters. The zero-order chi connectivity index (χ0) is 13.5. The quantitative estimate of drug-likeness (QED) is 0.840. The van der Waals surface area contributed by atoms with E-state index in [1.54, 1.807) is 6.20 Å². The minimum Gasteiger partial charge on any atom is -0.345 e. The first kappa shape index (κ1) is 12.5. The summed E-state index contributed by atoms with van der Waals surface area (Å²) >= 11 is 0. The van der Waals surface area contributed by atoms with E-state index in [9.17, 15) is 4.79 Å². The van der Waals surface area contributed by atoms with Crippen LogP contribution in [0, 0.1) is 6.92 Å². The van der Waals surface area contributed by atoms with Crippen LogP contribution in [0.1, 0.15) is 54.7 Å². The van der Waals surface area contributed by atoms with Crippen LogP contribution >= 0.6 is 0 Å². The lowest BCUT2D eigenvalue weighted by atomic mass is 9.79. The Morgan fingerprint density at radius 3 is 2.95 bits per heavy atom. The third-order valence-corrected chi connectivity index (χ3v) is 4.49. The number of nitrogens with zero attached hydrogens (tertiary/aromatic N) is 2. The summed E-state index contributed by atoms with van der Waals surface area (Å²) in [7, 11) is 0. The maximum absolute atomic E-state index is 12.3. The largest absolute Gasteiger partial charge is 0.345 e. The van der Waals surface area contributed by atoms with Gasteiger partial charge in [0.25, 0.3) is 5.91 Å². The predicted octanol–water partition coefficient (Wildman–Crippen LogP) is 1.32. The molecule has 5 heteroatoms. The van der Waals surface area contributed by atoms with Crippen molar-refractivity contribution in [1.29, 1.82) is 0 Å². The van der Waals surface area contributed by atoms with Crippen molar-refractivity contribution in [2.24, 2.45) is 5.73 Å².